The van der Waals surface area contributed by atoms with Gasteiger partial charge in [-0.15, -0.1) is 0 Å². The monoisotopic (exact) mass is 584 g/mol. The first-order valence-electron chi connectivity index (χ1n) is 14.7. The number of methoxy groups -OCH3 is 1. The summed E-state index contributed by atoms with van der Waals surface area (Å²) < 4.78 is 24.3. The van der Waals surface area contributed by atoms with Gasteiger partial charge in [0.05, 0.1) is 39.0 Å². The maximum atomic E-state index is 13.2. The van der Waals surface area contributed by atoms with Crippen LogP contribution in [-0.2, 0) is 27.4 Å². The number of nitrogens with one attached hydrogen (secondary N) is 1. The SMILES string of the molecule is CCN1CC(=O)N[C@H]2CCN(c3nc4ccccc4o3)C[C@@H]2OCc2cccc(c2)Oc2cc(ccc2OC)CCC1=O. The van der Waals surface area contributed by atoms with Crippen LogP contribution in [-0.4, -0.2) is 67.1 Å². The highest BCUT2D eigenvalue weighted by molar-refractivity contribution is 5.85. The zero-order valence-electron chi connectivity index (χ0n) is 24.5. The number of anilines is 1. The highest BCUT2D eigenvalue weighted by atomic mass is 16.5. The molecular weight excluding hydrogens is 548 g/mol. The normalized spacial score (nSPS) is 20.0. The number of likely N-dealkylation sites (N-methyl/N-ethyl adjacent to an activating group) is 1. The minimum absolute atomic E-state index is 0.00752. The van der Waals surface area contributed by atoms with Gasteiger partial charge >= 0.3 is 0 Å². The van der Waals surface area contributed by atoms with Crippen LogP contribution in [0, 0.1) is 0 Å². The zero-order chi connectivity index (χ0) is 29.8. The Balaban J connectivity index is 1.28. The van der Waals surface area contributed by atoms with E-state index >= 15 is 0 Å². The van der Waals surface area contributed by atoms with E-state index in [-0.39, 0.29) is 36.9 Å². The molecule has 4 aromatic rings. The molecule has 6 rings (SSSR count). The third kappa shape index (κ3) is 6.59. The van der Waals surface area contributed by atoms with Crippen LogP contribution in [0.3, 0.4) is 0 Å². The molecule has 10 nitrogen and oxygen atoms in total. The first-order chi connectivity index (χ1) is 21.0. The predicted octanol–water partition coefficient (Wildman–Crippen LogP) is 4.70. The Bertz CT molecular complexity index is 1570. The van der Waals surface area contributed by atoms with Crippen molar-refractivity contribution < 1.29 is 28.2 Å². The lowest BCUT2D eigenvalue weighted by Crippen LogP contribution is -2.56. The number of fused-ring (bicyclic) bond motifs is 6. The van der Waals surface area contributed by atoms with Crippen molar-refractivity contribution in [3.63, 3.8) is 0 Å². The average Bonchev–Trinajstić information content (AvgIpc) is 3.46. The van der Waals surface area contributed by atoms with Gasteiger partial charge in [-0.2, -0.15) is 4.98 Å². The number of benzene rings is 3. The summed E-state index contributed by atoms with van der Waals surface area (Å²) in [5.74, 6) is 1.53. The second-order valence-corrected chi connectivity index (χ2v) is 10.9. The maximum absolute atomic E-state index is 13.2. The van der Waals surface area contributed by atoms with Crippen LogP contribution < -0.4 is 19.7 Å². The number of piperidine rings is 1. The lowest BCUT2D eigenvalue weighted by Gasteiger charge is -2.38. The summed E-state index contributed by atoms with van der Waals surface area (Å²) in [6, 6.07) is 21.4. The summed E-state index contributed by atoms with van der Waals surface area (Å²) in [4.78, 5) is 34.7. The van der Waals surface area contributed by atoms with E-state index in [4.69, 9.17) is 18.6 Å². The van der Waals surface area contributed by atoms with E-state index in [1.807, 2.05) is 73.7 Å². The Morgan fingerprint density at radius 2 is 1.91 bits per heavy atom. The lowest BCUT2D eigenvalue weighted by molar-refractivity contribution is -0.136. The topological polar surface area (TPSA) is 106 Å². The summed E-state index contributed by atoms with van der Waals surface area (Å²) in [6.45, 7) is 3.74. The minimum atomic E-state index is -0.348. The number of para-hydroxylation sites is 2. The molecule has 4 bridgehead atoms. The predicted molar refractivity (Wildman–Crippen MR) is 161 cm³/mol. The first kappa shape index (κ1) is 28.5. The van der Waals surface area contributed by atoms with Crippen molar-refractivity contribution >= 4 is 28.9 Å². The van der Waals surface area contributed by atoms with Crippen LogP contribution in [0.25, 0.3) is 11.1 Å². The van der Waals surface area contributed by atoms with Crippen molar-refractivity contribution in [2.45, 2.75) is 44.9 Å². The molecule has 0 unspecified atom stereocenters. The van der Waals surface area contributed by atoms with Gasteiger partial charge in [0, 0.05) is 19.5 Å². The smallest absolute Gasteiger partial charge is 0.298 e. The molecule has 2 aliphatic rings. The molecule has 3 heterocycles. The van der Waals surface area contributed by atoms with Crippen LogP contribution in [0.1, 0.15) is 30.9 Å². The van der Waals surface area contributed by atoms with E-state index in [0.29, 0.717) is 62.3 Å². The van der Waals surface area contributed by atoms with Gasteiger partial charge in [0.1, 0.15) is 11.3 Å². The quantitative estimate of drug-likeness (QED) is 0.369. The number of aryl methyl sites for hydroxylation is 1. The largest absolute Gasteiger partial charge is 0.493 e. The van der Waals surface area contributed by atoms with Crippen molar-refractivity contribution in [1.82, 2.24) is 15.2 Å². The number of hydrogen-bond acceptors (Lipinski definition) is 8. The number of ether oxygens (including phenoxy) is 3. The molecule has 0 saturated carbocycles. The number of hydrogen-bond donors (Lipinski definition) is 1. The number of aromatic nitrogens is 1. The Hall–Kier alpha value is -4.57. The third-order valence-corrected chi connectivity index (χ3v) is 7.97. The van der Waals surface area contributed by atoms with Gasteiger partial charge in [-0.25, -0.2) is 0 Å². The molecular formula is C33H36N4O6. The molecule has 10 heteroatoms. The Morgan fingerprint density at radius 1 is 1.02 bits per heavy atom. The standard InChI is InChI=1S/C33H36N4O6/c1-3-36-20-31(38)34-26-15-16-37(33-35-25-9-4-5-10-27(25)43-33)19-30(26)41-21-23-7-6-8-24(17-23)42-29-18-22(12-14-32(36)39)11-13-28(29)40-2/h4-11,13,17-18,26,30H,3,12,14-16,19-21H2,1-2H3,(H,34,38)/t26-,30-/m0/s1. The van der Waals surface area contributed by atoms with Crippen LogP contribution in [0.4, 0.5) is 6.01 Å². The Labute approximate surface area is 250 Å². The maximum Gasteiger partial charge on any atom is 0.298 e. The van der Waals surface area contributed by atoms with Crippen molar-refractivity contribution in [3.05, 3.63) is 77.9 Å². The molecule has 1 fully saturated rings. The van der Waals surface area contributed by atoms with E-state index < -0.39 is 0 Å². The average molecular weight is 585 g/mol. The number of rotatable bonds is 3. The molecule has 0 spiro atoms. The second-order valence-electron chi connectivity index (χ2n) is 10.9. The van der Waals surface area contributed by atoms with Crippen molar-refractivity contribution in [1.29, 1.82) is 0 Å². The molecule has 2 atom stereocenters. The third-order valence-electron chi connectivity index (χ3n) is 7.97. The van der Waals surface area contributed by atoms with E-state index in [2.05, 4.69) is 15.2 Å². The fourth-order valence-corrected chi connectivity index (χ4v) is 5.62. The van der Waals surface area contributed by atoms with Gasteiger partial charge in [0.2, 0.25) is 11.8 Å². The molecule has 0 radical (unpaired) electrons. The number of oxazole rings is 1. The van der Waals surface area contributed by atoms with Crippen molar-refractivity contribution in [2.24, 2.45) is 0 Å². The van der Waals surface area contributed by atoms with E-state index in [1.54, 1.807) is 12.0 Å². The van der Waals surface area contributed by atoms with E-state index in [0.717, 1.165) is 22.2 Å². The lowest BCUT2D eigenvalue weighted by atomic mass is 10.0. The molecule has 43 heavy (non-hydrogen) atoms. The summed E-state index contributed by atoms with van der Waals surface area (Å²) >= 11 is 0. The first-order valence-corrected chi connectivity index (χ1v) is 14.7. The van der Waals surface area contributed by atoms with Gasteiger partial charge in [-0.05, 0) is 67.3 Å². The van der Waals surface area contributed by atoms with Crippen LogP contribution in [0.2, 0.25) is 0 Å². The molecule has 224 valence electrons. The van der Waals surface area contributed by atoms with Gasteiger partial charge in [-0.1, -0.05) is 30.3 Å². The highest BCUT2D eigenvalue weighted by Crippen LogP contribution is 2.33. The van der Waals surface area contributed by atoms with Crippen LogP contribution in [0.15, 0.2) is 71.1 Å². The second kappa shape index (κ2) is 12.7. The van der Waals surface area contributed by atoms with Crippen LogP contribution >= 0.6 is 0 Å². The highest BCUT2D eigenvalue weighted by Gasteiger charge is 2.33. The minimum Gasteiger partial charge on any atom is -0.493 e. The van der Waals surface area contributed by atoms with Crippen molar-refractivity contribution in [2.75, 3.05) is 38.2 Å². The van der Waals surface area contributed by atoms with Gasteiger partial charge in [0.25, 0.3) is 6.01 Å². The molecule has 3 aromatic carbocycles. The number of carbonyl (C=O) groups is 2. The van der Waals surface area contributed by atoms with Gasteiger partial charge < -0.3 is 33.7 Å². The number of nitrogens with zero attached hydrogens (tertiary/aromatic N) is 3. The molecule has 0 aliphatic carbocycles. The Morgan fingerprint density at radius 3 is 2.74 bits per heavy atom. The van der Waals surface area contributed by atoms with Gasteiger partial charge in [-0.3, -0.25) is 9.59 Å². The van der Waals surface area contributed by atoms with Crippen molar-refractivity contribution in [3.8, 4) is 17.2 Å². The molecule has 1 N–H and O–H groups in total. The summed E-state index contributed by atoms with van der Waals surface area (Å²) in [5.41, 5.74) is 3.39. The molecule has 2 aliphatic heterocycles. The summed E-state index contributed by atoms with van der Waals surface area (Å²) in [6.07, 6.45) is 1.07. The summed E-state index contributed by atoms with van der Waals surface area (Å²) in [7, 11) is 1.60. The number of amides is 2. The molecule has 1 aromatic heterocycles. The number of carbonyl (C=O) groups excluding carboxylic acids is 2. The molecule has 2 amide bonds. The Kier molecular flexibility index (Phi) is 8.46. The van der Waals surface area contributed by atoms with E-state index in [1.165, 1.54) is 0 Å². The zero-order valence-corrected chi connectivity index (χ0v) is 24.5. The van der Waals surface area contributed by atoms with Gasteiger partial charge in [0.15, 0.2) is 17.1 Å². The molecule has 1 saturated heterocycles. The fraction of sp³-hybridized carbons (Fsp3) is 0.364. The summed E-state index contributed by atoms with van der Waals surface area (Å²) in [5, 5.41) is 3.16. The van der Waals surface area contributed by atoms with E-state index in [9.17, 15) is 9.59 Å². The fourth-order valence-electron chi connectivity index (χ4n) is 5.62. The van der Waals surface area contributed by atoms with Crippen LogP contribution in [0.5, 0.6) is 17.2 Å².